The van der Waals surface area contributed by atoms with Crippen molar-refractivity contribution in [2.75, 3.05) is 26.7 Å². The number of ether oxygens (including phenoxy) is 2. The lowest BCUT2D eigenvalue weighted by Gasteiger charge is -1.95. The number of rotatable bonds is 6. The summed E-state index contributed by atoms with van der Waals surface area (Å²) in [6.45, 7) is 0. The Morgan fingerprint density at radius 3 is 1.78 bits per heavy atom. The third kappa shape index (κ3) is 8.35. The van der Waals surface area contributed by atoms with Crippen LogP contribution in [-0.4, -0.2) is 45.7 Å². The summed E-state index contributed by atoms with van der Waals surface area (Å²) in [6.07, 6.45) is 1.83. The molecule has 0 bridgehead atoms. The zero-order valence-electron chi connectivity index (χ0n) is 5.94. The van der Waals surface area contributed by atoms with Gasteiger partial charge in [0.15, 0.2) is 0 Å². The maximum Gasteiger partial charge on any atom is 0.0700 e. The van der Waals surface area contributed by atoms with E-state index in [1.54, 1.807) is 14.2 Å². The summed E-state index contributed by atoms with van der Waals surface area (Å²) in [5.74, 6) is 0. The lowest BCUT2D eigenvalue weighted by atomic mass is 11.5. The normalized spacial score (nSPS) is 10.0. The molecule has 0 saturated carbocycles. The third-order valence-electron chi connectivity index (χ3n) is 0.743. The molecule has 0 aliphatic carbocycles. The predicted octanol–water partition coefficient (Wildman–Crippen LogP) is -0.0216. The van der Waals surface area contributed by atoms with E-state index in [2.05, 4.69) is 0 Å². The highest BCUT2D eigenvalue weighted by atomic mass is 28.3. The Morgan fingerprint density at radius 1 is 1.00 bits per heavy atom. The van der Waals surface area contributed by atoms with Crippen LogP contribution in [0.2, 0.25) is 5.67 Å². The molecule has 0 aliphatic heterocycles. The van der Waals surface area contributed by atoms with Crippen molar-refractivity contribution in [3.8, 4) is 0 Å². The van der Waals surface area contributed by atoms with Gasteiger partial charge in [-0.05, 0) is 0 Å². The van der Waals surface area contributed by atoms with Gasteiger partial charge in [0.1, 0.15) is 0 Å². The van der Waals surface area contributed by atoms with Crippen molar-refractivity contribution in [1.29, 1.82) is 0 Å². The van der Waals surface area contributed by atoms with E-state index in [4.69, 9.17) is 9.47 Å². The van der Waals surface area contributed by atoms with Gasteiger partial charge < -0.3 is 9.47 Å². The van der Waals surface area contributed by atoms with E-state index in [0.29, 0.717) is 0 Å². The van der Waals surface area contributed by atoms with E-state index < -0.39 is 0 Å². The molecule has 0 aliphatic rings. The van der Waals surface area contributed by atoms with E-state index in [9.17, 15) is 0 Å². The molecular formula is C5H12O2Si2. The molecule has 52 valence electrons. The van der Waals surface area contributed by atoms with Crippen LogP contribution < -0.4 is 0 Å². The smallest absolute Gasteiger partial charge is 0.0700 e. The summed E-state index contributed by atoms with van der Waals surface area (Å²) >= 11 is 0. The molecule has 0 aromatic rings. The lowest BCUT2D eigenvalue weighted by Crippen LogP contribution is -2.08. The van der Waals surface area contributed by atoms with Crippen LogP contribution in [0.3, 0.4) is 0 Å². The third-order valence-corrected chi connectivity index (χ3v) is 3.73. The molecule has 0 spiro atoms. The molecule has 0 N–H and O–H groups in total. The van der Waals surface area contributed by atoms with Crippen LogP contribution in [0.5, 0.6) is 0 Å². The highest BCUT2D eigenvalue weighted by Gasteiger charge is 1.89. The van der Waals surface area contributed by atoms with Gasteiger partial charge in [-0.2, -0.15) is 0 Å². The number of hydrogen-bond donors (Lipinski definition) is 0. The highest BCUT2D eigenvalue weighted by Crippen LogP contribution is 1.76. The van der Waals surface area contributed by atoms with E-state index in [0.717, 1.165) is 31.5 Å². The minimum Gasteiger partial charge on any atom is -0.389 e. The minimum atomic E-state index is 0.913. The molecule has 0 fully saturated rings. The second-order valence-electron chi connectivity index (χ2n) is 1.54. The van der Waals surface area contributed by atoms with Gasteiger partial charge in [-0.3, -0.25) is 0 Å². The Labute approximate surface area is 61.6 Å². The summed E-state index contributed by atoms with van der Waals surface area (Å²) in [4.78, 5) is 0. The Balaban J connectivity index is 2.60. The van der Waals surface area contributed by atoms with Crippen molar-refractivity contribution in [3.63, 3.8) is 0 Å². The Bertz CT molecular complexity index is 46.2. The van der Waals surface area contributed by atoms with E-state index >= 15 is 0 Å². The van der Waals surface area contributed by atoms with Crippen LogP contribution in [0, 0.1) is 0 Å². The van der Waals surface area contributed by atoms with Crippen molar-refractivity contribution < 1.29 is 9.47 Å². The molecule has 0 aromatic heterocycles. The van der Waals surface area contributed by atoms with Crippen molar-refractivity contribution in [1.82, 2.24) is 0 Å². The van der Waals surface area contributed by atoms with Crippen LogP contribution >= 0.6 is 0 Å². The lowest BCUT2D eigenvalue weighted by molar-refractivity contribution is 0.249. The van der Waals surface area contributed by atoms with Gasteiger partial charge in [-0.25, -0.2) is 0 Å². The fourth-order valence-electron chi connectivity index (χ4n) is 0.395. The van der Waals surface area contributed by atoms with Crippen LogP contribution in [0.4, 0.5) is 0 Å². The first-order valence-corrected chi connectivity index (χ1v) is 5.64. The highest BCUT2D eigenvalue weighted by molar-refractivity contribution is 6.55. The summed E-state index contributed by atoms with van der Waals surface area (Å²) in [5.41, 5.74) is 1.27. The van der Waals surface area contributed by atoms with Crippen molar-refractivity contribution >= 4 is 19.0 Å². The standard InChI is InChI=1S/C5H12O2Si2/c1-6-3-8-5-9-4-7-2/h3-5H2,1-2H3. The van der Waals surface area contributed by atoms with Gasteiger partial charge in [0.25, 0.3) is 0 Å². The largest absolute Gasteiger partial charge is 0.389 e. The number of methoxy groups -OCH3 is 2. The molecule has 0 atom stereocenters. The Kier molecular flexibility index (Phi) is 8.68. The zero-order chi connectivity index (χ0) is 6.95. The van der Waals surface area contributed by atoms with E-state index in [-0.39, 0.29) is 0 Å². The van der Waals surface area contributed by atoms with Gasteiger partial charge in [-0.1, -0.05) is 5.67 Å². The van der Waals surface area contributed by atoms with Gasteiger partial charge >= 0.3 is 0 Å². The zero-order valence-corrected chi connectivity index (χ0v) is 7.94. The summed E-state index contributed by atoms with van der Waals surface area (Å²) in [5, 5.41) is 0. The second kappa shape index (κ2) is 8.35. The molecule has 0 saturated heterocycles. The van der Waals surface area contributed by atoms with Gasteiger partial charge in [-0.15, -0.1) is 0 Å². The topological polar surface area (TPSA) is 18.5 Å². The fraction of sp³-hybridized carbons (Fsp3) is 1.00. The van der Waals surface area contributed by atoms with Gasteiger partial charge in [0.05, 0.1) is 19.0 Å². The quantitative estimate of drug-likeness (QED) is 0.401. The average molecular weight is 160 g/mol. The van der Waals surface area contributed by atoms with E-state index in [1.807, 2.05) is 0 Å². The molecule has 0 unspecified atom stereocenters. The first-order valence-electron chi connectivity index (χ1n) is 2.81. The summed E-state index contributed by atoms with van der Waals surface area (Å²) in [6, 6.07) is 0. The predicted molar refractivity (Wildman–Crippen MR) is 40.1 cm³/mol. The summed E-state index contributed by atoms with van der Waals surface area (Å²) in [7, 11) is 5.39. The van der Waals surface area contributed by atoms with Crippen LogP contribution in [0.1, 0.15) is 0 Å². The SMILES string of the molecule is COC[Si]C[Si]COC. The molecule has 9 heavy (non-hydrogen) atoms. The van der Waals surface area contributed by atoms with Crippen LogP contribution in [-0.2, 0) is 9.47 Å². The van der Waals surface area contributed by atoms with Crippen LogP contribution in [0.25, 0.3) is 0 Å². The molecule has 4 heteroatoms. The second-order valence-corrected chi connectivity index (χ2v) is 4.53. The van der Waals surface area contributed by atoms with Crippen molar-refractivity contribution in [3.05, 3.63) is 0 Å². The maximum atomic E-state index is 4.90. The Hall–Kier alpha value is 0.354. The molecule has 4 radical (unpaired) electrons. The molecule has 0 rings (SSSR count). The van der Waals surface area contributed by atoms with Crippen LogP contribution in [0.15, 0.2) is 0 Å². The molecule has 0 amide bonds. The fourth-order valence-corrected chi connectivity index (χ4v) is 2.33. The first kappa shape index (κ1) is 9.35. The Morgan fingerprint density at radius 2 is 1.44 bits per heavy atom. The monoisotopic (exact) mass is 160 g/mol. The molecule has 2 nitrogen and oxygen atoms in total. The number of hydrogen-bond acceptors (Lipinski definition) is 2. The molecule has 0 aromatic carbocycles. The average Bonchev–Trinajstić information content (AvgIpc) is 1.89. The molecule has 0 heterocycles. The first-order chi connectivity index (χ1) is 4.41. The van der Waals surface area contributed by atoms with E-state index in [1.165, 1.54) is 5.67 Å². The maximum absolute atomic E-state index is 4.90. The van der Waals surface area contributed by atoms with Gasteiger partial charge in [0.2, 0.25) is 0 Å². The minimum absolute atomic E-state index is 0.913. The van der Waals surface area contributed by atoms with Crippen molar-refractivity contribution in [2.45, 2.75) is 5.67 Å². The van der Waals surface area contributed by atoms with Gasteiger partial charge in [0, 0.05) is 26.7 Å². The molecular weight excluding hydrogens is 148 g/mol. The van der Waals surface area contributed by atoms with Crippen molar-refractivity contribution in [2.24, 2.45) is 0 Å². The summed E-state index contributed by atoms with van der Waals surface area (Å²) < 4.78 is 9.80.